The number of anilines is 1. The van der Waals surface area contributed by atoms with Crippen molar-refractivity contribution in [1.29, 1.82) is 0 Å². The lowest BCUT2D eigenvalue weighted by molar-refractivity contribution is -0.116. The summed E-state index contributed by atoms with van der Waals surface area (Å²) >= 11 is 0. The Hall–Kier alpha value is -2.71. The fourth-order valence-corrected chi connectivity index (χ4v) is 5.17. The van der Waals surface area contributed by atoms with Crippen LogP contribution in [0.15, 0.2) is 54.6 Å². The predicted molar refractivity (Wildman–Crippen MR) is 117 cm³/mol. The van der Waals surface area contributed by atoms with Gasteiger partial charge in [-0.2, -0.15) is 0 Å². The summed E-state index contributed by atoms with van der Waals surface area (Å²) in [5, 5.41) is 2.98. The molecule has 0 aliphatic carbocycles. The first-order chi connectivity index (χ1) is 14.4. The zero-order valence-electron chi connectivity index (χ0n) is 17.2. The average Bonchev–Trinajstić information content (AvgIpc) is 3.03. The van der Waals surface area contributed by atoms with Crippen molar-refractivity contribution < 1.29 is 18.0 Å². The Kier molecular flexibility index (Phi) is 6.89. The number of hydrogen-bond acceptors (Lipinski definition) is 5. The third-order valence-electron chi connectivity index (χ3n) is 5.34. The Morgan fingerprint density at radius 3 is 2.23 bits per heavy atom. The highest BCUT2D eigenvalue weighted by molar-refractivity contribution is 7.94. The molecule has 2 aromatic rings. The van der Waals surface area contributed by atoms with E-state index in [2.05, 4.69) is 36.2 Å². The minimum Gasteiger partial charge on any atom is -0.350 e. The van der Waals surface area contributed by atoms with Gasteiger partial charge >= 0.3 is 0 Å². The molecule has 0 spiro atoms. The second kappa shape index (κ2) is 9.40. The first-order valence-corrected chi connectivity index (χ1v) is 11.7. The van der Waals surface area contributed by atoms with E-state index in [1.165, 1.54) is 12.1 Å². The molecule has 1 unspecified atom stereocenters. The lowest BCUT2D eigenvalue weighted by Gasteiger charge is -2.30. The van der Waals surface area contributed by atoms with E-state index < -0.39 is 15.9 Å². The number of carbonyl (C=O) groups is 2. The molecule has 0 aromatic heterocycles. The summed E-state index contributed by atoms with van der Waals surface area (Å²) < 4.78 is 24.9. The van der Waals surface area contributed by atoms with Crippen LogP contribution < -0.4 is 9.62 Å². The van der Waals surface area contributed by atoms with Gasteiger partial charge in [-0.15, -0.1) is 0 Å². The second-order valence-corrected chi connectivity index (χ2v) is 9.07. The van der Waals surface area contributed by atoms with Crippen molar-refractivity contribution in [2.45, 2.75) is 26.3 Å². The van der Waals surface area contributed by atoms with Gasteiger partial charge in [-0.25, -0.2) is 12.7 Å². The van der Waals surface area contributed by atoms with E-state index in [1.807, 2.05) is 18.2 Å². The standard InChI is InChI=1S/C22H27N3O4S/c1-3-24(4-2)20(17-8-6-5-7-9-17)16-23-22(27)18-10-12-19(13-11-18)25-21(26)14-15-30(25,28)29/h5-13,20H,3-4,14-16H2,1-2H3,(H,23,27). The average molecular weight is 430 g/mol. The number of hydrogen-bond donors (Lipinski definition) is 1. The number of nitrogens with zero attached hydrogens (tertiary/aromatic N) is 2. The molecule has 1 saturated heterocycles. The van der Waals surface area contributed by atoms with Crippen LogP contribution in [0.5, 0.6) is 0 Å². The molecule has 0 saturated carbocycles. The van der Waals surface area contributed by atoms with Crippen LogP contribution in [0.3, 0.4) is 0 Å². The SMILES string of the molecule is CCN(CC)C(CNC(=O)c1ccc(N2C(=O)CCS2(=O)=O)cc1)c1ccccc1. The monoisotopic (exact) mass is 429 g/mol. The zero-order valence-corrected chi connectivity index (χ0v) is 18.1. The Morgan fingerprint density at radius 1 is 1.07 bits per heavy atom. The molecule has 1 atom stereocenters. The van der Waals surface area contributed by atoms with Crippen LogP contribution in [0.2, 0.25) is 0 Å². The number of rotatable bonds is 8. The first-order valence-electron chi connectivity index (χ1n) is 10.1. The highest BCUT2D eigenvalue weighted by Gasteiger charge is 2.36. The van der Waals surface area contributed by atoms with Gasteiger partial charge in [0.05, 0.1) is 17.5 Å². The van der Waals surface area contributed by atoms with Crippen LogP contribution >= 0.6 is 0 Å². The summed E-state index contributed by atoms with van der Waals surface area (Å²) in [6.45, 7) is 6.35. The topological polar surface area (TPSA) is 86.8 Å². The quantitative estimate of drug-likeness (QED) is 0.697. The van der Waals surface area contributed by atoms with Gasteiger partial charge in [-0.1, -0.05) is 44.2 Å². The summed E-state index contributed by atoms with van der Waals surface area (Å²) in [6, 6.07) is 16.2. The molecule has 1 aliphatic heterocycles. The Bertz CT molecular complexity index is 987. The van der Waals surface area contributed by atoms with Crippen molar-refractivity contribution in [1.82, 2.24) is 10.2 Å². The fraction of sp³-hybridized carbons (Fsp3) is 0.364. The molecule has 0 bridgehead atoms. The van der Waals surface area contributed by atoms with Crippen LogP contribution in [-0.2, 0) is 14.8 Å². The summed E-state index contributed by atoms with van der Waals surface area (Å²) in [6.07, 6.45) is -0.0171. The molecule has 30 heavy (non-hydrogen) atoms. The predicted octanol–water partition coefficient (Wildman–Crippen LogP) is 2.57. The Balaban J connectivity index is 1.71. The van der Waals surface area contributed by atoms with Crippen molar-refractivity contribution in [2.24, 2.45) is 0 Å². The van der Waals surface area contributed by atoms with Crippen LogP contribution in [0, 0.1) is 0 Å². The maximum atomic E-state index is 12.7. The van der Waals surface area contributed by atoms with Gasteiger partial charge in [0, 0.05) is 18.5 Å². The molecular formula is C22H27N3O4S. The lowest BCUT2D eigenvalue weighted by atomic mass is 10.0. The number of likely N-dealkylation sites (N-methyl/N-ethyl adjacent to an activating group) is 1. The summed E-state index contributed by atoms with van der Waals surface area (Å²) in [5.74, 6) is -0.873. The third kappa shape index (κ3) is 4.71. The van der Waals surface area contributed by atoms with Crippen LogP contribution in [-0.4, -0.2) is 50.5 Å². The van der Waals surface area contributed by atoms with E-state index in [9.17, 15) is 18.0 Å². The molecule has 160 valence electrons. The van der Waals surface area contributed by atoms with Gasteiger partial charge in [0.25, 0.3) is 5.91 Å². The minimum atomic E-state index is -3.61. The van der Waals surface area contributed by atoms with Gasteiger partial charge in [-0.05, 0) is 42.9 Å². The largest absolute Gasteiger partial charge is 0.350 e. The summed E-state index contributed by atoms with van der Waals surface area (Å²) in [7, 11) is -3.61. The molecule has 3 rings (SSSR count). The van der Waals surface area contributed by atoms with Crippen molar-refractivity contribution in [3.8, 4) is 0 Å². The van der Waals surface area contributed by atoms with E-state index >= 15 is 0 Å². The van der Waals surface area contributed by atoms with Crippen molar-refractivity contribution in [3.05, 3.63) is 65.7 Å². The summed E-state index contributed by atoms with van der Waals surface area (Å²) in [4.78, 5) is 26.9. The highest BCUT2D eigenvalue weighted by atomic mass is 32.2. The molecule has 1 N–H and O–H groups in total. The number of sulfonamides is 1. The molecule has 2 aromatic carbocycles. The van der Waals surface area contributed by atoms with Gasteiger partial charge in [0.1, 0.15) is 0 Å². The summed E-state index contributed by atoms with van der Waals surface area (Å²) in [5.41, 5.74) is 1.81. The van der Waals surface area contributed by atoms with E-state index in [1.54, 1.807) is 12.1 Å². The number of amides is 2. The number of carbonyl (C=O) groups excluding carboxylic acids is 2. The first kappa shape index (κ1) is 22.0. The molecule has 2 amide bonds. The smallest absolute Gasteiger partial charge is 0.251 e. The van der Waals surface area contributed by atoms with Gasteiger partial charge in [-0.3, -0.25) is 14.5 Å². The molecule has 1 heterocycles. The normalized spacial score (nSPS) is 16.6. The van der Waals surface area contributed by atoms with Crippen molar-refractivity contribution >= 4 is 27.5 Å². The van der Waals surface area contributed by atoms with Crippen molar-refractivity contribution in [2.75, 3.05) is 29.7 Å². The van der Waals surface area contributed by atoms with E-state index in [0.29, 0.717) is 12.1 Å². The van der Waals surface area contributed by atoms with Crippen LogP contribution in [0.1, 0.15) is 42.2 Å². The number of nitrogens with one attached hydrogen (secondary N) is 1. The van der Waals surface area contributed by atoms with Gasteiger partial charge in [0.15, 0.2) is 0 Å². The maximum absolute atomic E-state index is 12.7. The van der Waals surface area contributed by atoms with Crippen LogP contribution in [0.4, 0.5) is 5.69 Å². The zero-order chi connectivity index (χ0) is 21.7. The molecule has 8 heteroatoms. The van der Waals surface area contributed by atoms with Gasteiger partial charge < -0.3 is 5.32 Å². The fourth-order valence-electron chi connectivity index (χ4n) is 3.71. The van der Waals surface area contributed by atoms with Gasteiger partial charge in [0.2, 0.25) is 15.9 Å². The Labute approximate surface area is 177 Å². The molecular weight excluding hydrogens is 402 g/mol. The van der Waals surface area contributed by atoms with E-state index in [0.717, 1.165) is 23.0 Å². The van der Waals surface area contributed by atoms with Crippen molar-refractivity contribution in [3.63, 3.8) is 0 Å². The van der Waals surface area contributed by atoms with E-state index in [-0.39, 0.29) is 29.8 Å². The molecule has 7 nitrogen and oxygen atoms in total. The highest BCUT2D eigenvalue weighted by Crippen LogP contribution is 2.25. The molecule has 0 radical (unpaired) electrons. The van der Waals surface area contributed by atoms with Crippen LogP contribution in [0.25, 0.3) is 0 Å². The second-order valence-electron chi connectivity index (χ2n) is 7.13. The lowest BCUT2D eigenvalue weighted by Crippen LogP contribution is -2.38. The Morgan fingerprint density at radius 2 is 1.70 bits per heavy atom. The minimum absolute atomic E-state index is 0.0171. The molecule has 1 fully saturated rings. The third-order valence-corrected chi connectivity index (χ3v) is 7.03. The number of benzene rings is 2. The maximum Gasteiger partial charge on any atom is 0.251 e. The molecule has 1 aliphatic rings. The van der Waals surface area contributed by atoms with E-state index in [4.69, 9.17) is 0 Å².